The fraction of sp³-hybridized carbons (Fsp3) is 0.290. The Morgan fingerprint density at radius 3 is 2.20 bits per heavy atom. The number of halogens is 3. The van der Waals surface area contributed by atoms with Crippen LogP contribution < -0.4 is 4.90 Å². The van der Waals surface area contributed by atoms with Crippen LogP contribution in [0.15, 0.2) is 94.4 Å². The molecule has 0 radical (unpaired) electrons. The molecule has 2 atom stereocenters. The lowest BCUT2D eigenvalue weighted by Gasteiger charge is -2.43. The van der Waals surface area contributed by atoms with Gasteiger partial charge >= 0.3 is 12.2 Å². The van der Waals surface area contributed by atoms with Gasteiger partial charge < -0.3 is 9.42 Å². The maximum Gasteiger partial charge on any atom is 0.393 e. The number of aromatic nitrogens is 2. The summed E-state index contributed by atoms with van der Waals surface area (Å²) >= 11 is 0. The van der Waals surface area contributed by atoms with Crippen LogP contribution >= 0.6 is 0 Å². The zero-order valence-corrected chi connectivity index (χ0v) is 22.3. The fourth-order valence-corrected chi connectivity index (χ4v) is 5.70. The summed E-state index contributed by atoms with van der Waals surface area (Å²) in [6.45, 7) is 2.84. The molecule has 7 nitrogen and oxygen atoms in total. The Balaban J connectivity index is 1.21. The average Bonchev–Trinajstić information content (AvgIpc) is 3.46. The van der Waals surface area contributed by atoms with Gasteiger partial charge in [0.1, 0.15) is 5.84 Å². The summed E-state index contributed by atoms with van der Waals surface area (Å²) in [6, 6.07) is 25.6. The van der Waals surface area contributed by atoms with Crippen LogP contribution in [0.1, 0.15) is 36.1 Å². The molecule has 1 fully saturated rings. The van der Waals surface area contributed by atoms with Gasteiger partial charge in [-0.05, 0) is 30.0 Å². The Hall–Kier alpha value is -4.47. The van der Waals surface area contributed by atoms with Crippen molar-refractivity contribution in [3.05, 3.63) is 102 Å². The second-order valence-electron chi connectivity index (χ2n) is 10.4. The monoisotopic (exact) mass is 559 g/mol. The second-order valence-corrected chi connectivity index (χ2v) is 10.4. The van der Waals surface area contributed by atoms with Gasteiger partial charge in [-0.3, -0.25) is 14.7 Å². The van der Waals surface area contributed by atoms with Gasteiger partial charge in [0, 0.05) is 18.7 Å². The van der Waals surface area contributed by atoms with E-state index in [4.69, 9.17) is 9.52 Å². The van der Waals surface area contributed by atoms with Crippen molar-refractivity contribution in [2.24, 2.45) is 10.9 Å². The number of anilines is 1. The molecule has 2 aliphatic heterocycles. The Morgan fingerprint density at radius 1 is 0.951 bits per heavy atom. The molecule has 3 aromatic carbocycles. The number of amidine groups is 1. The van der Waals surface area contributed by atoms with Gasteiger partial charge in [0.05, 0.1) is 24.4 Å². The van der Waals surface area contributed by atoms with Gasteiger partial charge in [-0.25, -0.2) is 0 Å². The molecule has 41 heavy (non-hydrogen) atoms. The quantitative estimate of drug-likeness (QED) is 0.286. The zero-order chi connectivity index (χ0) is 28.6. The average molecular weight is 560 g/mol. The number of piperidine rings is 1. The number of alkyl halides is 3. The van der Waals surface area contributed by atoms with Crippen molar-refractivity contribution in [1.29, 1.82) is 0 Å². The summed E-state index contributed by atoms with van der Waals surface area (Å²) in [5.74, 6) is 0.708. The molecule has 0 spiro atoms. The standard InChI is InChI=1S/C31H28F3N5O2/c1-20-35-26-19-38(30-36-28(37-41-30)24-14-12-21(13-15-24)18-31(32,33)34)17-16-25(26)29(40)39(20)27(22-8-4-2-5-9-22)23-10-6-3-7-11-23/h2-15,25-27H,16-19H2,1H3. The summed E-state index contributed by atoms with van der Waals surface area (Å²) in [5, 5.41) is 4.04. The summed E-state index contributed by atoms with van der Waals surface area (Å²) < 4.78 is 43.6. The van der Waals surface area contributed by atoms with E-state index in [0.29, 0.717) is 42.7 Å². The van der Waals surface area contributed by atoms with E-state index >= 15 is 0 Å². The van der Waals surface area contributed by atoms with Gasteiger partial charge in [0.2, 0.25) is 11.7 Å². The zero-order valence-electron chi connectivity index (χ0n) is 22.3. The number of benzene rings is 3. The molecule has 0 aliphatic carbocycles. The number of carbonyl (C=O) groups excluding carboxylic acids is 1. The molecular formula is C31H28F3N5O2. The highest BCUT2D eigenvalue weighted by atomic mass is 19.4. The highest BCUT2D eigenvalue weighted by molar-refractivity contribution is 6.01. The van der Waals surface area contributed by atoms with Crippen molar-refractivity contribution in [3.8, 4) is 11.4 Å². The smallest absolute Gasteiger partial charge is 0.322 e. The first-order valence-corrected chi connectivity index (χ1v) is 13.5. The SMILES string of the molecule is CC1=NC2CN(c3nc(-c4ccc(CC(F)(F)F)cc4)no3)CCC2C(=O)N1C(c1ccccc1)c1ccccc1. The molecule has 1 saturated heterocycles. The van der Waals surface area contributed by atoms with E-state index < -0.39 is 12.6 Å². The molecule has 0 bridgehead atoms. The molecular weight excluding hydrogens is 531 g/mol. The number of rotatable bonds is 6. The first-order valence-electron chi connectivity index (χ1n) is 13.5. The number of amides is 1. The molecule has 1 amide bonds. The Morgan fingerprint density at radius 2 is 1.59 bits per heavy atom. The largest absolute Gasteiger partial charge is 0.393 e. The van der Waals surface area contributed by atoms with E-state index in [1.54, 1.807) is 12.1 Å². The third-order valence-corrected chi connectivity index (χ3v) is 7.63. The number of nitrogens with zero attached hydrogens (tertiary/aromatic N) is 5. The van der Waals surface area contributed by atoms with Crippen LogP contribution in [0.25, 0.3) is 11.4 Å². The lowest BCUT2D eigenvalue weighted by atomic mass is 9.87. The van der Waals surface area contributed by atoms with Crippen molar-refractivity contribution < 1.29 is 22.5 Å². The molecule has 0 saturated carbocycles. The Bertz CT molecular complexity index is 1500. The van der Waals surface area contributed by atoms with Crippen LogP contribution in [0.5, 0.6) is 0 Å². The van der Waals surface area contributed by atoms with E-state index in [0.717, 1.165) is 11.1 Å². The van der Waals surface area contributed by atoms with Crippen LogP contribution in [0.2, 0.25) is 0 Å². The number of carbonyl (C=O) groups is 1. The minimum Gasteiger partial charge on any atom is -0.322 e. The van der Waals surface area contributed by atoms with Crippen molar-refractivity contribution in [1.82, 2.24) is 15.0 Å². The lowest BCUT2D eigenvalue weighted by Crippen LogP contribution is -2.55. The predicted molar refractivity (Wildman–Crippen MR) is 148 cm³/mol. The van der Waals surface area contributed by atoms with Crippen LogP contribution in [-0.2, 0) is 11.2 Å². The number of hydrogen-bond acceptors (Lipinski definition) is 6. The lowest BCUT2D eigenvalue weighted by molar-refractivity contribution is -0.135. The van der Waals surface area contributed by atoms with Gasteiger partial charge in [-0.1, -0.05) is 90.1 Å². The van der Waals surface area contributed by atoms with Gasteiger partial charge in [-0.2, -0.15) is 18.2 Å². The first-order chi connectivity index (χ1) is 19.8. The van der Waals surface area contributed by atoms with Crippen LogP contribution in [-0.4, -0.2) is 52.1 Å². The van der Waals surface area contributed by atoms with Gasteiger partial charge in [0.25, 0.3) is 0 Å². The third kappa shape index (κ3) is 5.59. The van der Waals surface area contributed by atoms with Crippen molar-refractivity contribution in [2.45, 2.75) is 38.0 Å². The van der Waals surface area contributed by atoms with Gasteiger partial charge in [-0.15, -0.1) is 0 Å². The molecule has 3 heterocycles. The maximum atomic E-state index is 14.0. The number of hydrogen-bond donors (Lipinski definition) is 0. The highest BCUT2D eigenvalue weighted by Gasteiger charge is 2.44. The Kier molecular flexibility index (Phi) is 7.07. The Labute approximate surface area is 235 Å². The van der Waals surface area contributed by atoms with E-state index in [2.05, 4.69) is 10.1 Å². The van der Waals surface area contributed by atoms with Crippen LogP contribution in [0.4, 0.5) is 19.2 Å². The first kappa shape index (κ1) is 26.7. The summed E-state index contributed by atoms with van der Waals surface area (Å²) in [6.07, 6.45) is -4.69. The van der Waals surface area contributed by atoms with Crippen molar-refractivity contribution >= 4 is 17.8 Å². The molecule has 6 rings (SSSR count). The second kappa shape index (κ2) is 10.8. The molecule has 1 aromatic heterocycles. The minimum absolute atomic E-state index is 0.0463. The molecule has 210 valence electrons. The number of aliphatic imine (C=N–C) groups is 1. The highest BCUT2D eigenvalue weighted by Crippen LogP contribution is 2.37. The van der Waals surface area contributed by atoms with Crippen LogP contribution in [0, 0.1) is 5.92 Å². The summed E-state index contributed by atoms with van der Waals surface area (Å²) in [5.41, 5.74) is 2.76. The summed E-state index contributed by atoms with van der Waals surface area (Å²) in [4.78, 5) is 27.2. The normalized spacial score (nSPS) is 19.3. The van der Waals surface area contributed by atoms with Crippen LogP contribution in [0.3, 0.4) is 0 Å². The van der Waals surface area contributed by atoms with E-state index in [9.17, 15) is 18.0 Å². The third-order valence-electron chi connectivity index (χ3n) is 7.63. The van der Waals surface area contributed by atoms with E-state index in [-0.39, 0.29) is 29.5 Å². The summed E-state index contributed by atoms with van der Waals surface area (Å²) in [7, 11) is 0. The van der Waals surface area contributed by atoms with Gasteiger partial charge in [0.15, 0.2) is 0 Å². The molecule has 0 N–H and O–H groups in total. The molecule has 4 aromatic rings. The minimum atomic E-state index is -4.27. The van der Waals surface area contributed by atoms with E-state index in [1.807, 2.05) is 77.4 Å². The van der Waals surface area contributed by atoms with E-state index in [1.165, 1.54) is 12.1 Å². The molecule has 2 aliphatic rings. The molecule has 10 heteroatoms. The fourth-order valence-electron chi connectivity index (χ4n) is 5.70. The molecule has 2 unspecified atom stereocenters. The predicted octanol–water partition coefficient (Wildman–Crippen LogP) is 6.09. The maximum absolute atomic E-state index is 14.0. The van der Waals surface area contributed by atoms with Crippen molar-refractivity contribution in [3.63, 3.8) is 0 Å². The topological polar surface area (TPSA) is 74.8 Å². The van der Waals surface area contributed by atoms with Crippen molar-refractivity contribution in [2.75, 3.05) is 18.0 Å². The number of fused-ring (bicyclic) bond motifs is 1.